The van der Waals surface area contributed by atoms with Crippen molar-refractivity contribution in [1.29, 1.82) is 0 Å². The SMILES string of the molecule is C=CCc1[nH]nc2nc(C3CCC(=O)CC3)cc(-c3ccc(Oc4ccccc4)cc3)c12. The summed E-state index contributed by atoms with van der Waals surface area (Å²) in [7, 11) is 0. The van der Waals surface area contributed by atoms with Crippen LogP contribution in [-0.2, 0) is 11.2 Å². The Bertz CT molecular complexity index is 1250. The van der Waals surface area contributed by atoms with Crippen molar-refractivity contribution < 1.29 is 9.53 Å². The quantitative estimate of drug-likeness (QED) is 0.366. The molecule has 0 aliphatic heterocycles. The maximum Gasteiger partial charge on any atom is 0.182 e. The maximum absolute atomic E-state index is 11.7. The zero-order valence-corrected chi connectivity index (χ0v) is 17.9. The van der Waals surface area contributed by atoms with Gasteiger partial charge in [0.15, 0.2) is 5.65 Å². The summed E-state index contributed by atoms with van der Waals surface area (Å²) in [5.41, 5.74) is 4.92. The number of fused-ring (bicyclic) bond motifs is 1. The van der Waals surface area contributed by atoms with E-state index in [9.17, 15) is 4.79 Å². The molecule has 0 amide bonds. The van der Waals surface area contributed by atoms with Crippen molar-refractivity contribution in [1.82, 2.24) is 15.2 Å². The number of nitrogens with one attached hydrogen (secondary N) is 1. The number of aromatic amines is 1. The molecule has 160 valence electrons. The number of aromatic nitrogens is 3. The largest absolute Gasteiger partial charge is 0.457 e. The number of carbonyl (C=O) groups excluding carboxylic acids is 1. The fourth-order valence-electron chi connectivity index (χ4n) is 4.40. The molecule has 5 nitrogen and oxygen atoms in total. The third-order valence-corrected chi connectivity index (χ3v) is 6.07. The fraction of sp³-hybridized carbons (Fsp3) is 0.222. The van der Waals surface area contributed by atoms with E-state index >= 15 is 0 Å². The first-order chi connectivity index (χ1) is 15.7. The van der Waals surface area contributed by atoms with Crippen molar-refractivity contribution in [2.45, 2.75) is 38.0 Å². The monoisotopic (exact) mass is 423 g/mol. The molecule has 1 aliphatic carbocycles. The first kappa shape index (κ1) is 20.2. The van der Waals surface area contributed by atoms with E-state index in [2.05, 4.69) is 35.0 Å². The average molecular weight is 424 g/mol. The molecule has 0 spiro atoms. The summed E-state index contributed by atoms with van der Waals surface area (Å²) in [6.45, 7) is 3.88. The molecule has 0 bridgehead atoms. The number of ether oxygens (including phenoxy) is 1. The van der Waals surface area contributed by atoms with Gasteiger partial charge in [-0.1, -0.05) is 36.4 Å². The van der Waals surface area contributed by atoms with Gasteiger partial charge in [-0.05, 0) is 54.3 Å². The Hall–Kier alpha value is -3.73. The number of ketones is 1. The lowest BCUT2D eigenvalue weighted by atomic mass is 9.85. The van der Waals surface area contributed by atoms with Crippen molar-refractivity contribution in [3.63, 3.8) is 0 Å². The van der Waals surface area contributed by atoms with Crippen molar-refractivity contribution in [3.05, 3.63) is 84.7 Å². The topological polar surface area (TPSA) is 67.9 Å². The van der Waals surface area contributed by atoms with Crippen LogP contribution in [0, 0.1) is 0 Å². The van der Waals surface area contributed by atoms with Crippen LogP contribution in [0.3, 0.4) is 0 Å². The number of carbonyl (C=O) groups is 1. The minimum Gasteiger partial charge on any atom is -0.457 e. The Labute approximate surface area is 187 Å². The number of hydrogen-bond acceptors (Lipinski definition) is 4. The number of hydrogen-bond donors (Lipinski definition) is 1. The molecule has 32 heavy (non-hydrogen) atoms. The summed E-state index contributed by atoms with van der Waals surface area (Å²) in [5.74, 6) is 2.24. The summed E-state index contributed by atoms with van der Waals surface area (Å²) in [6.07, 6.45) is 5.53. The van der Waals surface area contributed by atoms with E-state index in [1.807, 2.05) is 48.5 Å². The van der Waals surface area contributed by atoms with Gasteiger partial charge in [0.05, 0.1) is 5.39 Å². The van der Waals surface area contributed by atoms with E-state index < -0.39 is 0 Å². The highest BCUT2D eigenvalue weighted by Gasteiger charge is 2.24. The second kappa shape index (κ2) is 8.79. The highest BCUT2D eigenvalue weighted by Crippen LogP contribution is 2.37. The van der Waals surface area contributed by atoms with Crippen molar-refractivity contribution >= 4 is 16.8 Å². The summed E-state index contributed by atoms with van der Waals surface area (Å²) < 4.78 is 5.96. The van der Waals surface area contributed by atoms with Crippen LogP contribution in [0.2, 0.25) is 0 Å². The lowest BCUT2D eigenvalue weighted by Crippen LogP contribution is -2.13. The Morgan fingerprint density at radius 3 is 2.47 bits per heavy atom. The molecular formula is C27H25N3O2. The highest BCUT2D eigenvalue weighted by molar-refractivity contribution is 5.95. The predicted molar refractivity (Wildman–Crippen MR) is 126 cm³/mol. The minimum absolute atomic E-state index is 0.288. The first-order valence-electron chi connectivity index (χ1n) is 11.0. The third kappa shape index (κ3) is 4.06. The lowest BCUT2D eigenvalue weighted by Gasteiger charge is -2.21. The van der Waals surface area contributed by atoms with Gasteiger partial charge in [-0.15, -0.1) is 6.58 Å². The second-order valence-electron chi connectivity index (χ2n) is 8.24. The van der Waals surface area contributed by atoms with Crippen LogP contribution in [0.15, 0.2) is 73.3 Å². The second-order valence-corrected chi connectivity index (χ2v) is 8.24. The molecule has 1 N–H and O–H groups in total. The number of rotatable bonds is 6. The summed E-state index contributed by atoms with van der Waals surface area (Å²) >= 11 is 0. The van der Waals surface area contributed by atoms with Crippen LogP contribution in [0.5, 0.6) is 11.5 Å². The van der Waals surface area contributed by atoms with E-state index in [0.29, 0.717) is 25.0 Å². The summed E-state index contributed by atoms with van der Waals surface area (Å²) in [5, 5.41) is 8.66. The zero-order valence-electron chi connectivity index (χ0n) is 17.9. The number of benzene rings is 2. The third-order valence-electron chi connectivity index (χ3n) is 6.07. The zero-order chi connectivity index (χ0) is 21.9. The highest BCUT2D eigenvalue weighted by atomic mass is 16.5. The molecule has 0 radical (unpaired) electrons. The van der Waals surface area contributed by atoms with E-state index in [0.717, 1.165) is 57.9 Å². The number of pyridine rings is 1. The Balaban J connectivity index is 1.54. The Morgan fingerprint density at radius 2 is 1.75 bits per heavy atom. The number of allylic oxidation sites excluding steroid dienone is 1. The van der Waals surface area contributed by atoms with E-state index in [1.165, 1.54) is 0 Å². The van der Waals surface area contributed by atoms with Crippen molar-refractivity contribution in [3.8, 4) is 22.6 Å². The minimum atomic E-state index is 0.288. The molecule has 2 aromatic carbocycles. The lowest BCUT2D eigenvalue weighted by molar-refractivity contribution is -0.120. The van der Waals surface area contributed by atoms with Crippen LogP contribution in [0.1, 0.15) is 43.0 Å². The van der Waals surface area contributed by atoms with Crippen LogP contribution in [0.4, 0.5) is 0 Å². The van der Waals surface area contributed by atoms with Gasteiger partial charge in [-0.2, -0.15) is 5.10 Å². The number of para-hydroxylation sites is 1. The normalized spacial score (nSPS) is 14.6. The number of Topliss-reactive ketones (excluding diaryl/α,β-unsaturated/α-hetero) is 1. The van der Waals surface area contributed by atoms with Gasteiger partial charge in [-0.25, -0.2) is 4.98 Å². The first-order valence-corrected chi connectivity index (χ1v) is 11.0. The molecule has 0 unspecified atom stereocenters. The summed E-state index contributed by atoms with van der Waals surface area (Å²) in [4.78, 5) is 16.6. The van der Waals surface area contributed by atoms with Crippen LogP contribution < -0.4 is 4.74 Å². The molecule has 1 fully saturated rings. The van der Waals surface area contributed by atoms with E-state index in [1.54, 1.807) is 0 Å². The van der Waals surface area contributed by atoms with Gasteiger partial charge in [0.1, 0.15) is 17.3 Å². The van der Waals surface area contributed by atoms with Crippen LogP contribution >= 0.6 is 0 Å². The van der Waals surface area contributed by atoms with Gasteiger partial charge < -0.3 is 4.74 Å². The van der Waals surface area contributed by atoms with E-state index in [4.69, 9.17) is 9.72 Å². The molecule has 0 saturated heterocycles. The molecular weight excluding hydrogens is 398 g/mol. The number of nitrogens with zero attached hydrogens (tertiary/aromatic N) is 2. The smallest absolute Gasteiger partial charge is 0.182 e. The van der Waals surface area contributed by atoms with Gasteiger partial charge >= 0.3 is 0 Å². The molecule has 1 aliphatic rings. The van der Waals surface area contributed by atoms with Gasteiger partial charge in [0, 0.05) is 36.6 Å². The molecule has 2 heterocycles. The average Bonchev–Trinajstić information content (AvgIpc) is 3.23. The molecule has 2 aromatic heterocycles. The van der Waals surface area contributed by atoms with Crippen molar-refractivity contribution in [2.24, 2.45) is 0 Å². The Kier molecular flexibility index (Phi) is 5.55. The molecule has 1 saturated carbocycles. The molecule has 5 heteroatoms. The molecule has 4 aromatic rings. The van der Waals surface area contributed by atoms with E-state index in [-0.39, 0.29) is 5.92 Å². The van der Waals surface area contributed by atoms with Gasteiger partial charge in [0.25, 0.3) is 0 Å². The van der Waals surface area contributed by atoms with Crippen LogP contribution in [-0.4, -0.2) is 21.0 Å². The van der Waals surface area contributed by atoms with Crippen LogP contribution in [0.25, 0.3) is 22.2 Å². The molecule has 0 atom stereocenters. The maximum atomic E-state index is 11.7. The van der Waals surface area contributed by atoms with Gasteiger partial charge in [0.2, 0.25) is 0 Å². The standard InChI is InChI=1S/C27H25N3O2/c1-2-6-24-26-23(18-11-15-22(16-12-18)32-21-7-4-3-5-8-21)17-25(28-27(26)30-29-24)19-9-13-20(31)14-10-19/h2-5,7-8,11-12,15-17,19H,1,6,9-10,13-14H2,(H,28,29,30). The molecule has 5 rings (SSSR count). The Morgan fingerprint density at radius 1 is 1.03 bits per heavy atom. The number of H-pyrrole nitrogens is 1. The van der Waals surface area contributed by atoms with Gasteiger partial charge in [-0.3, -0.25) is 9.89 Å². The fourth-order valence-corrected chi connectivity index (χ4v) is 4.40. The van der Waals surface area contributed by atoms with Crippen molar-refractivity contribution in [2.75, 3.05) is 0 Å². The summed E-state index contributed by atoms with van der Waals surface area (Å²) in [6, 6.07) is 20.1. The predicted octanol–water partition coefficient (Wildman–Crippen LogP) is 6.37.